The third-order valence-corrected chi connectivity index (χ3v) is 6.14. The zero-order chi connectivity index (χ0) is 24.2. The first-order chi connectivity index (χ1) is 16.6. The highest BCUT2D eigenvalue weighted by molar-refractivity contribution is 5.90. The van der Waals surface area contributed by atoms with Crippen LogP contribution in [0.15, 0.2) is 60.9 Å². The summed E-state index contributed by atoms with van der Waals surface area (Å²) in [6.07, 6.45) is 14.2. The number of hydrogen-bond acceptors (Lipinski definition) is 4. The molecule has 1 unspecified atom stereocenters. The van der Waals surface area contributed by atoms with Crippen molar-refractivity contribution in [1.82, 2.24) is 9.97 Å². The molecule has 3 aromatic rings. The maximum atomic E-state index is 12.5. The summed E-state index contributed by atoms with van der Waals surface area (Å²) in [6.45, 7) is 6.39. The molecule has 2 aromatic carbocycles. The van der Waals surface area contributed by atoms with Crippen LogP contribution in [-0.2, 0) is 11.2 Å². The molecule has 0 N–H and O–H groups in total. The van der Waals surface area contributed by atoms with Gasteiger partial charge in [0.05, 0.1) is 11.7 Å². The van der Waals surface area contributed by atoms with E-state index in [4.69, 9.17) is 4.74 Å². The predicted octanol–water partition coefficient (Wildman–Crippen LogP) is 8.06. The molecule has 0 bridgehead atoms. The number of hydrogen-bond donors (Lipinski definition) is 0. The number of carbonyl (C=O) groups is 1. The molecule has 1 heterocycles. The zero-order valence-corrected chi connectivity index (χ0v) is 20.9. The van der Waals surface area contributed by atoms with Crippen LogP contribution in [0.2, 0.25) is 0 Å². The molecule has 0 aliphatic carbocycles. The average Bonchev–Trinajstić information content (AvgIpc) is 2.87. The third-order valence-electron chi connectivity index (χ3n) is 6.14. The SMILES string of the molecule is CCCCCCC(C)OC(=O)c1ccc(-c2ccc(-c3ncc(CCCCC)cn3)cc2)cc1. The molecule has 0 radical (unpaired) electrons. The molecule has 0 fully saturated rings. The van der Waals surface area contributed by atoms with Crippen LogP contribution < -0.4 is 0 Å². The van der Waals surface area contributed by atoms with E-state index in [0.29, 0.717) is 5.56 Å². The van der Waals surface area contributed by atoms with Crippen LogP contribution in [0.5, 0.6) is 0 Å². The van der Waals surface area contributed by atoms with Gasteiger partial charge in [-0.3, -0.25) is 0 Å². The molecule has 180 valence electrons. The van der Waals surface area contributed by atoms with E-state index in [-0.39, 0.29) is 12.1 Å². The summed E-state index contributed by atoms with van der Waals surface area (Å²) in [4.78, 5) is 21.6. The largest absolute Gasteiger partial charge is 0.459 e. The molecular formula is C30H38N2O2. The summed E-state index contributed by atoms with van der Waals surface area (Å²) < 4.78 is 5.61. The van der Waals surface area contributed by atoms with E-state index in [1.54, 1.807) is 0 Å². The Morgan fingerprint density at radius 3 is 1.94 bits per heavy atom. The van der Waals surface area contributed by atoms with Crippen LogP contribution in [0.25, 0.3) is 22.5 Å². The van der Waals surface area contributed by atoms with Crippen LogP contribution in [0.3, 0.4) is 0 Å². The summed E-state index contributed by atoms with van der Waals surface area (Å²) in [7, 11) is 0. The van der Waals surface area contributed by atoms with Crippen molar-refractivity contribution in [3.05, 3.63) is 72.1 Å². The lowest BCUT2D eigenvalue weighted by molar-refractivity contribution is 0.0319. The van der Waals surface area contributed by atoms with Gasteiger partial charge in [0, 0.05) is 18.0 Å². The van der Waals surface area contributed by atoms with Gasteiger partial charge in [0.15, 0.2) is 5.82 Å². The molecule has 1 aromatic heterocycles. The molecule has 0 spiro atoms. The van der Waals surface area contributed by atoms with Crippen molar-refractivity contribution in [2.75, 3.05) is 0 Å². The highest BCUT2D eigenvalue weighted by atomic mass is 16.5. The van der Waals surface area contributed by atoms with Crippen LogP contribution in [0, 0.1) is 0 Å². The number of aromatic nitrogens is 2. The van der Waals surface area contributed by atoms with E-state index in [1.165, 1.54) is 44.1 Å². The van der Waals surface area contributed by atoms with E-state index in [9.17, 15) is 4.79 Å². The van der Waals surface area contributed by atoms with Crippen molar-refractivity contribution in [2.45, 2.75) is 84.7 Å². The van der Waals surface area contributed by atoms with E-state index in [1.807, 2.05) is 55.7 Å². The Bertz CT molecular complexity index is 995. The van der Waals surface area contributed by atoms with E-state index >= 15 is 0 Å². The van der Waals surface area contributed by atoms with Gasteiger partial charge < -0.3 is 4.74 Å². The quantitative estimate of drug-likeness (QED) is 0.192. The number of nitrogens with zero attached hydrogens (tertiary/aromatic N) is 2. The fourth-order valence-corrected chi connectivity index (χ4v) is 3.99. The maximum absolute atomic E-state index is 12.5. The zero-order valence-electron chi connectivity index (χ0n) is 20.9. The smallest absolute Gasteiger partial charge is 0.338 e. The molecule has 0 amide bonds. The molecule has 4 heteroatoms. The van der Waals surface area contributed by atoms with Gasteiger partial charge in [-0.25, -0.2) is 14.8 Å². The number of unbranched alkanes of at least 4 members (excludes halogenated alkanes) is 5. The van der Waals surface area contributed by atoms with Crippen LogP contribution >= 0.6 is 0 Å². The van der Waals surface area contributed by atoms with Gasteiger partial charge in [0.25, 0.3) is 0 Å². The van der Waals surface area contributed by atoms with E-state index in [0.717, 1.165) is 41.8 Å². The molecule has 0 saturated carbocycles. The number of aryl methyl sites for hydroxylation is 1. The van der Waals surface area contributed by atoms with Crippen molar-refractivity contribution in [3.63, 3.8) is 0 Å². The number of rotatable bonds is 13. The Kier molecular flexibility index (Phi) is 10.3. The van der Waals surface area contributed by atoms with E-state index in [2.05, 4.69) is 35.9 Å². The molecule has 0 aliphatic heterocycles. The Morgan fingerprint density at radius 1 is 0.765 bits per heavy atom. The minimum absolute atomic E-state index is 0.0517. The molecule has 1 atom stereocenters. The standard InChI is InChI=1S/C30H38N2O2/c1-4-6-8-10-11-23(3)34-30(33)28-19-15-26(16-20-28)25-13-17-27(18-14-25)29-31-21-24(22-32-29)12-9-7-5-2/h13-23H,4-12H2,1-3H3. The number of esters is 1. The maximum Gasteiger partial charge on any atom is 0.338 e. The first-order valence-electron chi connectivity index (χ1n) is 12.8. The van der Waals surface area contributed by atoms with E-state index < -0.39 is 0 Å². The molecule has 3 rings (SSSR count). The second kappa shape index (κ2) is 13.6. The second-order valence-corrected chi connectivity index (χ2v) is 9.09. The van der Waals surface area contributed by atoms with Gasteiger partial charge in [0.2, 0.25) is 0 Å². The monoisotopic (exact) mass is 458 g/mol. The summed E-state index contributed by atoms with van der Waals surface area (Å²) >= 11 is 0. The van der Waals surface area contributed by atoms with Crippen molar-refractivity contribution < 1.29 is 9.53 Å². The van der Waals surface area contributed by atoms with Crippen LogP contribution in [0.4, 0.5) is 0 Å². The average molecular weight is 459 g/mol. The van der Waals surface area contributed by atoms with Crippen LogP contribution in [-0.4, -0.2) is 22.0 Å². The summed E-state index contributed by atoms with van der Waals surface area (Å²) in [5, 5.41) is 0. The lowest BCUT2D eigenvalue weighted by Gasteiger charge is -2.13. The molecule has 34 heavy (non-hydrogen) atoms. The normalized spacial score (nSPS) is 11.9. The fraction of sp³-hybridized carbons (Fsp3) is 0.433. The van der Waals surface area contributed by atoms with Gasteiger partial charge in [-0.15, -0.1) is 0 Å². The summed E-state index contributed by atoms with van der Waals surface area (Å²) in [5.74, 6) is 0.493. The number of benzene rings is 2. The first kappa shape index (κ1) is 25.6. The Labute approximate surface area is 204 Å². The van der Waals surface area contributed by atoms with Gasteiger partial charge >= 0.3 is 5.97 Å². The molecule has 0 aliphatic rings. The molecule has 0 saturated heterocycles. The van der Waals surface area contributed by atoms with Crippen molar-refractivity contribution >= 4 is 5.97 Å². The van der Waals surface area contributed by atoms with Gasteiger partial charge in [-0.1, -0.05) is 82.3 Å². The second-order valence-electron chi connectivity index (χ2n) is 9.09. The Balaban J connectivity index is 1.56. The highest BCUT2D eigenvalue weighted by Gasteiger charge is 2.12. The Hall–Kier alpha value is -3.01. The van der Waals surface area contributed by atoms with Crippen molar-refractivity contribution in [2.24, 2.45) is 0 Å². The van der Waals surface area contributed by atoms with Crippen LogP contribution in [0.1, 0.15) is 88.1 Å². The van der Waals surface area contributed by atoms with Crippen molar-refractivity contribution in [1.29, 1.82) is 0 Å². The minimum atomic E-state index is -0.250. The lowest BCUT2D eigenvalue weighted by Crippen LogP contribution is -2.15. The van der Waals surface area contributed by atoms with Gasteiger partial charge in [0.1, 0.15) is 0 Å². The molecule has 4 nitrogen and oxygen atoms in total. The first-order valence-corrected chi connectivity index (χ1v) is 12.8. The van der Waals surface area contributed by atoms with Crippen molar-refractivity contribution in [3.8, 4) is 22.5 Å². The summed E-state index contributed by atoms with van der Waals surface area (Å²) in [5.41, 5.74) is 4.93. The third kappa shape index (κ3) is 7.79. The fourth-order valence-electron chi connectivity index (χ4n) is 3.99. The Morgan fingerprint density at radius 2 is 1.32 bits per heavy atom. The topological polar surface area (TPSA) is 52.1 Å². The van der Waals surface area contributed by atoms with Gasteiger partial charge in [-0.05, 0) is 61.4 Å². The molecular weight excluding hydrogens is 420 g/mol. The summed E-state index contributed by atoms with van der Waals surface area (Å²) in [6, 6.07) is 15.9. The predicted molar refractivity (Wildman–Crippen MR) is 140 cm³/mol. The minimum Gasteiger partial charge on any atom is -0.459 e. The van der Waals surface area contributed by atoms with Gasteiger partial charge in [-0.2, -0.15) is 0 Å². The highest BCUT2D eigenvalue weighted by Crippen LogP contribution is 2.24. The number of ether oxygens (including phenoxy) is 1. The number of carbonyl (C=O) groups excluding carboxylic acids is 1. The lowest BCUT2D eigenvalue weighted by atomic mass is 10.0.